The minimum atomic E-state index is -0.364. The smallest absolute Gasteiger partial charge is 0.298 e. The van der Waals surface area contributed by atoms with Gasteiger partial charge in [0.1, 0.15) is 0 Å². The summed E-state index contributed by atoms with van der Waals surface area (Å²) >= 11 is 0. The monoisotopic (exact) mass is 142 g/mol. The van der Waals surface area contributed by atoms with Crippen LogP contribution in [-0.2, 0) is 9.63 Å². The Kier molecular flexibility index (Phi) is 4.29. The van der Waals surface area contributed by atoms with Crippen molar-refractivity contribution in [2.24, 2.45) is 5.90 Å². The van der Waals surface area contributed by atoms with Crippen LogP contribution in [0.2, 0.25) is 0 Å². The van der Waals surface area contributed by atoms with E-state index in [2.05, 4.69) is 4.84 Å². The third kappa shape index (κ3) is 3.07. The Balaban J connectivity index is 3.54. The summed E-state index contributed by atoms with van der Waals surface area (Å²) in [6.07, 6.45) is 4.83. The lowest BCUT2D eigenvalue weighted by Crippen LogP contribution is -2.29. The van der Waals surface area contributed by atoms with E-state index in [9.17, 15) is 4.79 Å². The molecule has 0 saturated heterocycles. The lowest BCUT2D eigenvalue weighted by Gasteiger charge is -2.11. The molecule has 0 fully saturated rings. The van der Waals surface area contributed by atoms with Crippen LogP contribution in [0, 0.1) is 12.3 Å². The molecule has 0 aromatic heterocycles. The highest BCUT2D eigenvalue weighted by atomic mass is 16.6. The fourth-order valence-corrected chi connectivity index (χ4v) is 0.401. The maximum Gasteiger partial charge on any atom is 0.298 e. The Labute approximate surface area is 59.9 Å². The van der Waals surface area contributed by atoms with Crippen molar-refractivity contribution in [3.05, 3.63) is 0 Å². The summed E-state index contributed by atoms with van der Waals surface area (Å²) in [6.45, 7) is 0.712. The number of carbonyl (C=O) groups excluding carboxylic acids is 1. The summed E-state index contributed by atoms with van der Waals surface area (Å²) in [5, 5.41) is 0. The summed E-state index contributed by atoms with van der Waals surface area (Å²) in [5.74, 6) is 6.33. The number of hydrogen-bond donors (Lipinski definition) is 1. The van der Waals surface area contributed by atoms with E-state index < -0.39 is 0 Å². The van der Waals surface area contributed by atoms with Gasteiger partial charge >= 0.3 is 0 Å². The molecular formula is C6H10N2O2. The van der Waals surface area contributed by atoms with Gasteiger partial charge in [-0.1, -0.05) is 0 Å². The SMILES string of the molecule is C#CC(=O)N(C)CCON. The minimum Gasteiger partial charge on any atom is -0.333 e. The number of amides is 1. The van der Waals surface area contributed by atoms with Crippen molar-refractivity contribution in [3.8, 4) is 12.3 Å². The molecule has 0 rings (SSSR count). The highest BCUT2D eigenvalue weighted by Crippen LogP contribution is 1.81. The Morgan fingerprint density at radius 3 is 2.90 bits per heavy atom. The van der Waals surface area contributed by atoms with E-state index in [4.69, 9.17) is 12.3 Å². The van der Waals surface area contributed by atoms with Gasteiger partial charge in [0.25, 0.3) is 5.91 Å². The molecule has 2 N–H and O–H groups in total. The zero-order valence-electron chi connectivity index (χ0n) is 5.83. The number of likely N-dealkylation sites (N-methyl/N-ethyl adjacent to an activating group) is 1. The fourth-order valence-electron chi connectivity index (χ4n) is 0.401. The Bertz CT molecular complexity index is 150. The first kappa shape index (κ1) is 8.95. The molecule has 0 aromatic rings. The van der Waals surface area contributed by atoms with Crippen molar-refractivity contribution in [1.29, 1.82) is 0 Å². The lowest BCUT2D eigenvalue weighted by atomic mass is 10.5. The van der Waals surface area contributed by atoms with Gasteiger partial charge in [-0.05, 0) is 5.92 Å². The number of carbonyl (C=O) groups is 1. The third-order valence-corrected chi connectivity index (χ3v) is 1.01. The van der Waals surface area contributed by atoms with Crippen LogP contribution < -0.4 is 5.90 Å². The molecule has 10 heavy (non-hydrogen) atoms. The molecule has 0 radical (unpaired) electrons. The maximum atomic E-state index is 10.6. The molecule has 0 atom stereocenters. The van der Waals surface area contributed by atoms with Crippen LogP contribution in [0.3, 0.4) is 0 Å². The van der Waals surface area contributed by atoms with Crippen molar-refractivity contribution in [3.63, 3.8) is 0 Å². The van der Waals surface area contributed by atoms with E-state index in [0.29, 0.717) is 13.2 Å². The van der Waals surface area contributed by atoms with Gasteiger partial charge in [0.2, 0.25) is 0 Å². The summed E-state index contributed by atoms with van der Waals surface area (Å²) < 4.78 is 0. The van der Waals surface area contributed by atoms with Crippen LogP contribution >= 0.6 is 0 Å². The lowest BCUT2D eigenvalue weighted by molar-refractivity contribution is -0.124. The van der Waals surface area contributed by atoms with Gasteiger partial charge in [-0.3, -0.25) is 4.79 Å². The summed E-state index contributed by atoms with van der Waals surface area (Å²) in [4.78, 5) is 16.2. The Hall–Kier alpha value is -1.05. The van der Waals surface area contributed by atoms with Crippen molar-refractivity contribution in [1.82, 2.24) is 4.90 Å². The molecule has 0 aliphatic heterocycles. The summed E-state index contributed by atoms with van der Waals surface area (Å²) in [7, 11) is 1.58. The van der Waals surface area contributed by atoms with Crippen molar-refractivity contribution in [2.45, 2.75) is 0 Å². The standard InChI is InChI=1S/C6H10N2O2/c1-3-6(9)8(2)4-5-10-7/h1H,4-5,7H2,2H3. The number of rotatable bonds is 3. The van der Waals surface area contributed by atoms with E-state index in [1.807, 2.05) is 5.92 Å². The minimum absolute atomic E-state index is 0.296. The number of hydrogen-bond acceptors (Lipinski definition) is 3. The predicted molar refractivity (Wildman–Crippen MR) is 36.6 cm³/mol. The van der Waals surface area contributed by atoms with Crippen molar-refractivity contribution in [2.75, 3.05) is 20.2 Å². The van der Waals surface area contributed by atoms with Gasteiger partial charge in [0.15, 0.2) is 0 Å². The zero-order chi connectivity index (χ0) is 7.98. The average molecular weight is 142 g/mol. The average Bonchev–Trinajstić information content (AvgIpc) is 1.98. The summed E-state index contributed by atoms with van der Waals surface area (Å²) in [6, 6.07) is 0. The van der Waals surface area contributed by atoms with E-state index in [0.717, 1.165) is 0 Å². The molecule has 0 bridgehead atoms. The largest absolute Gasteiger partial charge is 0.333 e. The van der Waals surface area contributed by atoms with Crippen molar-refractivity contribution >= 4 is 5.91 Å². The molecule has 4 nitrogen and oxygen atoms in total. The van der Waals surface area contributed by atoms with Crippen molar-refractivity contribution < 1.29 is 9.63 Å². The Morgan fingerprint density at radius 2 is 2.50 bits per heavy atom. The second-order valence-electron chi connectivity index (χ2n) is 1.74. The topological polar surface area (TPSA) is 55.6 Å². The summed E-state index contributed by atoms with van der Waals surface area (Å²) in [5.41, 5.74) is 0. The first-order chi connectivity index (χ1) is 4.72. The third-order valence-electron chi connectivity index (χ3n) is 1.01. The normalized spacial score (nSPS) is 8.50. The second kappa shape index (κ2) is 4.79. The predicted octanol–water partition coefficient (Wildman–Crippen LogP) is -1.03. The van der Waals surface area contributed by atoms with Gasteiger partial charge in [0.05, 0.1) is 6.61 Å². The second-order valence-corrected chi connectivity index (χ2v) is 1.74. The molecule has 56 valence electrons. The fraction of sp³-hybridized carbons (Fsp3) is 0.500. The zero-order valence-corrected chi connectivity index (χ0v) is 5.83. The van der Waals surface area contributed by atoms with Crippen LogP contribution in [0.1, 0.15) is 0 Å². The van der Waals surface area contributed by atoms with E-state index in [1.54, 1.807) is 7.05 Å². The quantitative estimate of drug-likeness (QED) is 0.405. The molecule has 0 saturated carbocycles. The first-order valence-corrected chi connectivity index (χ1v) is 2.75. The van der Waals surface area contributed by atoms with Gasteiger partial charge < -0.3 is 9.74 Å². The van der Waals surface area contributed by atoms with Gasteiger partial charge in [0, 0.05) is 13.6 Å². The molecule has 4 heteroatoms. The van der Waals surface area contributed by atoms with Crippen LogP contribution in [0.4, 0.5) is 0 Å². The van der Waals surface area contributed by atoms with E-state index >= 15 is 0 Å². The maximum absolute atomic E-state index is 10.6. The van der Waals surface area contributed by atoms with Gasteiger partial charge in [-0.15, -0.1) is 6.42 Å². The number of nitrogens with zero attached hydrogens (tertiary/aromatic N) is 1. The van der Waals surface area contributed by atoms with E-state index in [1.165, 1.54) is 4.90 Å². The first-order valence-electron chi connectivity index (χ1n) is 2.75. The Morgan fingerprint density at radius 1 is 1.90 bits per heavy atom. The molecule has 1 amide bonds. The molecule has 0 unspecified atom stereocenters. The van der Waals surface area contributed by atoms with Crippen LogP contribution in [-0.4, -0.2) is 31.0 Å². The highest BCUT2D eigenvalue weighted by Gasteiger charge is 2.02. The molecule has 0 aromatic carbocycles. The van der Waals surface area contributed by atoms with Gasteiger partial charge in [-0.2, -0.15) is 0 Å². The molecule has 0 heterocycles. The number of nitrogens with two attached hydrogens (primary N) is 1. The van der Waals surface area contributed by atoms with E-state index in [-0.39, 0.29) is 5.91 Å². The van der Waals surface area contributed by atoms with Crippen LogP contribution in [0.15, 0.2) is 0 Å². The number of terminal acetylenes is 1. The molecular weight excluding hydrogens is 132 g/mol. The highest BCUT2D eigenvalue weighted by molar-refractivity contribution is 5.92. The molecule has 0 aliphatic rings. The van der Waals surface area contributed by atoms with Crippen LogP contribution in [0.5, 0.6) is 0 Å². The van der Waals surface area contributed by atoms with Crippen LogP contribution in [0.25, 0.3) is 0 Å². The molecule has 0 spiro atoms. The molecule has 0 aliphatic carbocycles. The van der Waals surface area contributed by atoms with Gasteiger partial charge in [-0.25, -0.2) is 5.90 Å².